The van der Waals surface area contributed by atoms with Crippen LogP contribution in [0.2, 0.25) is 0 Å². The molecule has 0 spiro atoms. The number of carbonyl (C=O) groups is 1. The smallest absolute Gasteiger partial charge is 0.276 e. The molecule has 158 valence electrons. The standard InChI is InChI=1S/C22H17F2N3O2S2/c1-12-3-5-15(10-16(12)24)25-19(28)11-31-22-26-17-7-8-30-20(17)21(29)27(22)18-6-4-14(23)9-13(18)2/h3-10H,11H2,1-2H3,(H,25,28). The monoisotopic (exact) mass is 457 g/mol. The number of aryl methyl sites for hydroxylation is 2. The summed E-state index contributed by atoms with van der Waals surface area (Å²) in [7, 11) is 0. The van der Waals surface area contributed by atoms with Gasteiger partial charge < -0.3 is 5.32 Å². The lowest BCUT2D eigenvalue weighted by Gasteiger charge is -2.14. The number of halogens is 2. The van der Waals surface area contributed by atoms with Crippen LogP contribution in [0.5, 0.6) is 0 Å². The van der Waals surface area contributed by atoms with Crippen molar-refractivity contribution >= 4 is 44.9 Å². The first-order valence-corrected chi connectivity index (χ1v) is 11.2. The van der Waals surface area contributed by atoms with E-state index in [9.17, 15) is 18.4 Å². The Morgan fingerprint density at radius 2 is 1.94 bits per heavy atom. The van der Waals surface area contributed by atoms with E-state index in [-0.39, 0.29) is 17.2 Å². The van der Waals surface area contributed by atoms with Crippen LogP contribution < -0.4 is 10.9 Å². The molecule has 0 atom stereocenters. The number of nitrogens with zero attached hydrogens (tertiary/aromatic N) is 2. The summed E-state index contributed by atoms with van der Waals surface area (Å²) in [5, 5.41) is 4.73. The number of hydrogen-bond acceptors (Lipinski definition) is 5. The largest absolute Gasteiger partial charge is 0.325 e. The van der Waals surface area contributed by atoms with Crippen LogP contribution in [0.3, 0.4) is 0 Å². The SMILES string of the molecule is Cc1ccc(NC(=O)CSc2nc3ccsc3c(=O)n2-c2ccc(F)cc2C)cc1F. The van der Waals surface area contributed by atoms with Gasteiger partial charge in [-0.25, -0.2) is 13.8 Å². The van der Waals surface area contributed by atoms with Gasteiger partial charge in [-0.1, -0.05) is 17.8 Å². The average Bonchev–Trinajstić information content (AvgIpc) is 3.19. The van der Waals surface area contributed by atoms with Gasteiger partial charge in [-0.15, -0.1) is 11.3 Å². The van der Waals surface area contributed by atoms with Gasteiger partial charge in [-0.3, -0.25) is 14.2 Å². The van der Waals surface area contributed by atoms with Crippen molar-refractivity contribution in [2.75, 3.05) is 11.1 Å². The summed E-state index contributed by atoms with van der Waals surface area (Å²) in [5.41, 5.74) is 2.16. The zero-order chi connectivity index (χ0) is 22.1. The number of rotatable bonds is 5. The second-order valence-corrected chi connectivity index (χ2v) is 8.76. The van der Waals surface area contributed by atoms with Gasteiger partial charge in [0.25, 0.3) is 5.56 Å². The molecule has 2 aromatic carbocycles. The van der Waals surface area contributed by atoms with E-state index in [4.69, 9.17) is 0 Å². The Morgan fingerprint density at radius 1 is 1.13 bits per heavy atom. The third-order valence-electron chi connectivity index (χ3n) is 4.64. The van der Waals surface area contributed by atoms with E-state index in [1.807, 2.05) is 0 Å². The number of thioether (sulfide) groups is 1. The second kappa shape index (κ2) is 8.60. The van der Waals surface area contributed by atoms with Crippen molar-refractivity contribution in [2.45, 2.75) is 19.0 Å². The number of benzene rings is 2. The minimum Gasteiger partial charge on any atom is -0.325 e. The maximum Gasteiger partial charge on any atom is 0.276 e. The second-order valence-electron chi connectivity index (χ2n) is 6.90. The van der Waals surface area contributed by atoms with Gasteiger partial charge in [0.15, 0.2) is 5.16 Å². The van der Waals surface area contributed by atoms with Crippen LogP contribution in [0.1, 0.15) is 11.1 Å². The van der Waals surface area contributed by atoms with E-state index in [1.54, 1.807) is 37.4 Å². The molecule has 1 amide bonds. The molecule has 2 aromatic heterocycles. The van der Waals surface area contributed by atoms with E-state index in [2.05, 4.69) is 10.3 Å². The van der Waals surface area contributed by atoms with E-state index in [0.29, 0.717) is 37.9 Å². The lowest BCUT2D eigenvalue weighted by Crippen LogP contribution is -2.23. The fraction of sp³-hybridized carbons (Fsp3) is 0.136. The van der Waals surface area contributed by atoms with Crippen LogP contribution >= 0.6 is 23.1 Å². The molecule has 31 heavy (non-hydrogen) atoms. The Kier molecular flexibility index (Phi) is 5.88. The molecule has 4 aromatic rings. The van der Waals surface area contributed by atoms with Gasteiger partial charge >= 0.3 is 0 Å². The maximum atomic E-state index is 13.7. The third kappa shape index (κ3) is 4.38. The number of hydrogen-bond donors (Lipinski definition) is 1. The fourth-order valence-corrected chi connectivity index (χ4v) is 4.63. The molecule has 0 bridgehead atoms. The lowest BCUT2D eigenvalue weighted by atomic mass is 10.2. The van der Waals surface area contributed by atoms with Crippen molar-refractivity contribution < 1.29 is 13.6 Å². The molecule has 0 saturated heterocycles. The summed E-state index contributed by atoms with van der Waals surface area (Å²) < 4.78 is 29.2. The predicted octanol–water partition coefficient (Wildman–Crippen LogP) is 5.07. The number of anilines is 1. The molecule has 1 N–H and O–H groups in total. The lowest BCUT2D eigenvalue weighted by molar-refractivity contribution is -0.113. The first-order valence-electron chi connectivity index (χ1n) is 9.29. The molecule has 0 aliphatic rings. The molecule has 0 aliphatic carbocycles. The summed E-state index contributed by atoms with van der Waals surface area (Å²) in [4.78, 5) is 30.1. The summed E-state index contributed by atoms with van der Waals surface area (Å²) >= 11 is 2.35. The van der Waals surface area contributed by atoms with Crippen LogP contribution in [0, 0.1) is 25.5 Å². The van der Waals surface area contributed by atoms with Crippen molar-refractivity contribution in [1.29, 1.82) is 0 Å². The van der Waals surface area contributed by atoms with E-state index >= 15 is 0 Å². The van der Waals surface area contributed by atoms with Crippen molar-refractivity contribution in [3.05, 3.63) is 81.0 Å². The summed E-state index contributed by atoms with van der Waals surface area (Å²) in [6.45, 7) is 3.34. The van der Waals surface area contributed by atoms with Gasteiger partial charge in [0, 0.05) is 5.69 Å². The maximum absolute atomic E-state index is 13.7. The summed E-state index contributed by atoms with van der Waals surface area (Å²) in [6, 6.07) is 10.3. The summed E-state index contributed by atoms with van der Waals surface area (Å²) in [6.07, 6.45) is 0. The van der Waals surface area contributed by atoms with Crippen LogP contribution in [0.15, 0.2) is 57.8 Å². The van der Waals surface area contributed by atoms with Crippen LogP contribution in [0.25, 0.3) is 15.9 Å². The minimum absolute atomic E-state index is 0.0438. The van der Waals surface area contributed by atoms with Crippen molar-refractivity contribution in [3.8, 4) is 5.69 Å². The molecule has 0 unspecified atom stereocenters. The fourth-order valence-electron chi connectivity index (χ4n) is 3.07. The molecule has 4 rings (SSSR count). The number of aromatic nitrogens is 2. The zero-order valence-corrected chi connectivity index (χ0v) is 18.2. The Bertz CT molecular complexity index is 1360. The average molecular weight is 458 g/mol. The highest BCUT2D eigenvalue weighted by molar-refractivity contribution is 7.99. The molecular formula is C22H17F2N3O2S2. The quantitative estimate of drug-likeness (QED) is 0.336. The van der Waals surface area contributed by atoms with Gasteiger partial charge in [-0.05, 0) is 66.8 Å². The number of nitrogens with one attached hydrogen (secondary N) is 1. The van der Waals surface area contributed by atoms with Crippen molar-refractivity contribution in [2.24, 2.45) is 0 Å². The molecule has 0 radical (unpaired) electrons. The van der Waals surface area contributed by atoms with Gasteiger partial charge in [0.1, 0.15) is 16.3 Å². The highest BCUT2D eigenvalue weighted by Crippen LogP contribution is 2.25. The number of fused-ring (bicyclic) bond motifs is 1. The molecule has 9 heteroatoms. The highest BCUT2D eigenvalue weighted by Gasteiger charge is 2.17. The van der Waals surface area contributed by atoms with Crippen LogP contribution in [-0.2, 0) is 4.79 Å². The topological polar surface area (TPSA) is 64.0 Å². The van der Waals surface area contributed by atoms with E-state index in [0.717, 1.165) is 11.8 Å². The normalized spacial score (nSPS) is 11.1. The molecule has 2 heterocycles. The first kappa shape index (κ1) is 21.2. The zero-order valence-electron chi connectivity index (χ0n) is 16.6. The molecule has 0 aliphatic heterocycles. The number of amides is 1. The van der Waals surface area contributed by atoms with Crippen LogP contribution in [0.4, 0.5) is 14.5 Å². The third-order valence-corrected chi connectivity index (χ3v) is 6.47. The molecule has 0 saturated carbocycles. The Balaban J connectivity index is 1.65. The molecule has 0 fully saturated rings. The van der Waals surface area contributed by atoms with Crippen LogP contribution in [-0.4, -0.2) is 21.2 Å². The first-order chi connectivity index (χ1) is 14.8. The van der Waals surface area contributed by atoms with E-state index in [1.165, 1.54) is 40.2 Å². The van der Waals surface area contributed by atoms with Gasteiger partial charge in [-0.2, -0.15) is 0 Å². The predicted molar refractivity (Wildman–Crippen MR) is 120 cm³/mol. The Morgan fingerprint density at radius 3 is 2.68 bits per heavy atom. The molecular weight excluding hydrogens is 440 g/mol. The Labute approximate surface area is 184 Å². The van der Waals surface area contributed by atoms with E-state index < -0.39 is 11.6 Å². The summed E-state index contributed by atoms with van der Waals surface area (Å²) in [5.74, 6) is -1.22. The number of carbonyl (C=O) groups excluding carboxylic acids is 1. The minimum atomic E-state index is -0.407. The van der Waals surface area contributed by atoms with Crippen molar-refractivity contribution in [1.82, 2.24) is 9.55 Å². The van der Waals surface area contributed by atoms with Crippen molar-refractivity contribution in [3.63, 3.8) is 0 Å². The number of thiophene rings is 1. The van der Waals surface area contributed by atoms with Gasteiger partial charge in [0.05, 0.1) is 17.0 Å². The molecule has 5 nitrogen and oxygen atoms in total. The van der Waals surface area contributed by atoms with Gasteiger partial charge in [0.2, 0.25) is 5.91 Å². The highest BCUT2D eigenvalue weighted by atomic mass is 32.2. The Hall–Kier alpha value is -3.04.